The normalized spacial score (nSPS) is 18.2. The van der Waals surface area contributed by atoms with E-state index >= 15 is 0 Å². The fourth-order valence-corrected chi connectivity index (χ4v) is 2.70. The molecule has 0 spiro atoms. The molecule has 0 saturated carbocycles. The van der Waals surface area contributed by atoms with Crippen LogP contribution in [0.1, 0.15) is 25.2 Å². The Bertz CT molecular complexity index is 410. The minimum Gasteiger partial charge on any atom is -0.379 e. The predicted molar refractivity (Wildman–Crippen MR) is 81.0 cm³/mol. The van der Waals surface area contributed by atoms with Gasteiger partial charge in [0.2, 0.25) is 5.95 Å². The van der Waals surface area contributed by atoms with Gasteiger partial charge in [0.1, 0.15) is 0 Å². The number of rotatable bonds is 5. The Morgan fingerprint density at radius 1 is 1.20 bits per heavy atom. The van der Waals surface area contributed by atoms with Crippen molar-refractivity contribution in [1.82, 2.24) is 14.9 Å². The molecule has 1 N–H and O–H groups in total. The highest BCUT2D eigenvalue weighted by atomic mass is 16.5. The van der Waals surface area contributed by atoms with Crippen LogP contribution in [0.25, 0.3) is 0 Å². The molecule has 0 amide bonds. The third-order valence-electron chi connectivity index (χ3n) is 3.74. The van der Waals surface area contributed by atoms with Crippen molar-refractivity contribution in [3.8, 4) is 0 Å². The molecule has 1 saturated heterocycles. The summed E-state index contributed by atoms with van der Waals surface area (Å²) in [6, 6.07) is 2.48. The second kappa shape index (κ2) is 6.99. The maximum atomic E-state index is 5.44. The number of aryl methyl sites for hydroxylation is 2. The van der Waals surface area contributed by atoms with Crippen LogP contribution in [0.2, 0.25) is 0 Å². The number of aromatic nitrogens is 2. The molecule has 2 heterocycles. The van der Waals surface area contributed by atoms with Crippen LogP contribution in [-0.4, -0.2) is 53.8 Å². The van der Waals surface area contributed by atoms with E-state index in [1.54, 1.807) is 0 Å². The molecule has 0 radical (unpaired) electrons. The van der Waals surface area contributed by atoms with Crippen LogP contribution < -0.4 is 5.32 Å². The molecule has 0 aromatic carbocycles. The van der Waals surface area contributed by atoms with Crippen LogP contribution in [0.3, 0.4) is 0 Å². The van der Waals surface area contributed by atoms with Crippen LogP contribution in [0.4, 0.5) is 5.95 Å². The van der Waals surface area contributed by atoms with Crippen LogP contribution in [0.5, 0.6) is 0 Å². The van der Waals surface area contributed by atoms with Crippen molar-refractivity contribution in [2.45, 2.75) is 33.7 Å². The topological polar surface area (TPSA) is 50.3 Å². The van der Waals surface area contributed by atoms with Gasteiger partial charge in [-0.1, -0.05) is 13.8 Å². The van der Waals surface area contributed by atoms with Crippen molar-refractivity contribution in [3.05, 3.63) is 17.5 Å². The molecule has 0 bridgehead atoms. The molecule has 1 aromatic rings. The zero-order valence-corrected chi connectivity index (χ0v) is 13.0. The van der Waals surface area contributed by atoms with Crippen LogP contribution in [-0.2, 0) is 4.74 Å². The highest BCUT2D eigenvalue weighted by Crippen LogP contribution is 2.14. The van der Waals surface area contributed by atoms with E-state index in [2.05, 4.69) is 34.0 Å². The Morgan fingerprint density at radius 2 is 1.80 bits per heavy atom. The van der Waals surface area contributed by atoms with Gasteiger partial charge in [0, 0.05) is 37.1 Å². The van der Waals surface area contributed by atoms with E-state index in [0.29, 0.717) is 12.0 Å². The maximum absolute atomic E-state index is 5.44. The average molecular weight is 278 g/mol. The number of hydrogen-bond donors (Lipinski definition) is 1. The molecule has 112 valence electrons. The number of ether oxygens (including phenoxy) is 1. The van der Waals surface area contributed by atoms with Gasteiger partial charge in [-0.2, -0.15) is 0 Å². The summed E-state index contributed by atoms with van der Waals surface area (Å²) in [7, 11) is 0. The SMILES string of the molecule is Cc1cc(C)nc(NC[C@@H](C(C)C)N2CCOCC2)n1. The van der Waals surface area contributed by atoms with E-state index in [-0.39, 0.29) is 0 Å². The molecule has 5 nitrogen and oxygen atoms in total. The van der Waals surface area contributed by atoms with Gasteiger partial charge in [-0.15, -0.1) is 0 Å². The Morgan fingerprint density at radius 3 is 2.35 bits per heavy atom. The molecule has 1 aromatic heterocycles. The third kappa shape index (κ3) is 4.15. The lowest BCUT2D eigenvalue weighted by Crippen LogP contribution is -2.49. The Hall–Kier alpha value is -1.20. The monoisotopic (exact) mass is 278 g/mol. The molecular formula is C15H26N4O. The standard InChI is InChI=1S/C15H26N4O/c1-11(2)14(19-5-7-20-8-6-19)10-16-15-17-12(3)9-13(4)18-15/h9,11,14H,5-8,10H2,1-4H3,(H,16,17,18)/t14-/m0/s1. The van der Waals surface area contributed by atoms with E-state index in [4.69, 9.17) is 4.74 Å². The van der Waals surface area contributed by atoms with Gasteiger partial charge in [-0.05, 0) is 25.8 Å². The molecular weight excluding hydrogens is 252 g/mol. The van der Waals surface area contributed by atoms with E-state index in [1.165, 1.54) is 0 Å². The fourth-order valence-electron chi connectivity index (χ4n) is 2.70. The first-order chi connectivity index (χ1) is 9.56. The second-order valence-corrected chi connectivity index (χ2v) is 5.81. The minimum absolute atomic E-state index is 0.489. The first-order valence-electron chi connectivity index (χ1n) is 7.44. The molecule has 0 unspecified atom stereocenters. The molecule has 1 fully saturated rings. The summed E-state index contributed by atoms with van der Waals surface area (Å²) >= 11 is 0. The zero-order chi connectivity index (χ0) is 14.5. The largest absolute Gasteiger partial charge is 0.379 e. The van der Waals surface area contributed by atoms with Gasteiger partial charge in [0.25, 0.3) is 0 Å². The minimum atomic E-state index is 0.489. The summed E-state index contributed by atoms with van der Waals surface area (Å²) in [4.78, 5) is 11.4. The zero-order valence-electron chi connectivity index (χ0n) is 13.0. The van der Waals surface area contributed by atoms with Gasteiger partial charge < -0.3 is 10.1 Å². The molecule has 1 aliphatic rings. The Labute approximate surface area is 121 Å². The Kier molecular flexibility index (Phi) is 5.31. The number of hydrogen-bond acceptors (Lipinski definition) is 5. The highest BCUT2D eigenvalue weighted by molar-refractivity contribution is 5.27. The van der Waals surface area contributed by atoms with Gasteiger partial charge in [0.15, 0.2) is 0 Å². The first kappa shape index (κ1) is 15.2. The van der Waals surface area contributed by atoms with Crippen LogP contribution in [0, 0.1) is 19.8 Å². The van der Waals surface area contributed by atoms with Crippen molar-refractivity contribution in [2.75, 3.05) is 38.2 Å². The summed E-state index contributed by atoms with van der Waals surface area (Å²) in [5, 5.41) is 3.40. The van der Waals surface area contributed by atoms with Crippen molar-refractivity contribution in [1.29, 1.82) is 0 Å². The van der Waals surface area contributed by atoms with Gasteiger partial charge in [-0.3, -0.25) is 4.90 Å². The van der Waals surface area contributed by atoms with Crippen LogP contribution in [0.15, 0.2) is 6.07 Å². The lowest BCUT2D eigenvalue weighted by molar-refractivity contribution is 0.00951. The molecule has 1 aliphatic heterocycles. The number of nitrogens with zero attached hydrogens (tertiary/aromatic N) is 3. The maximum Gasteiger partial charge on any atom is 0.223 e. The Balaban J connectivity index is 1.97. The van der Waals surface area contributed by atoms with E-state index in [1.807, 2.05) is 19.9 Å². The van der Waals surface area contributed by atoms with Crippen molar-refractivity contribution in [3.63, 3.8) is 0 Å². The molecule has 5 heteroatoms. The predicted octanol–water partition coefficient (Wildman–Crippen LogP) is 1.86. The number of anilines is 1. The summed E-state index contributed by atoms with van der Waals surface area (Å²) in [6.45, 7) is 13.1. The molecule has 0 aliphatic carbocycles. The van der Waals surface area contributed by atoms with Crippen molar-refractivity contribution >= 4 is 5.95 Å². The summed E-state index contributed by atoms with van der Waals surface area (Å²) < 4.78 is 5.44. The highest BCUT2D eigenvalue weighted by Gasteiger charge is 2.23. The summed E-state index contributed by atoms with van der Waals surface area (Å²) in [5.41, 5.74) is 2.01. The smallest absolute Gasteiger partial charge is 0.223 e. The molecule has 2 rings (SSSR count). The first-order valence-corrected chi connectivity index (χ1v) is 7.44. The second-order valence-electron chi connectivity index (χ2n) is 5.81. The lowest BCUT2D eigenvalue weighted by Gasteiger charge is -2.36. The van der Waals surface area contributed by atoms with Gasteiger partial charge >= 0.3 is 0 Å². The third-order valence-corrected chi connectivity index (χ3v) is 3.74. The van der Waals surface area contributed by atoms with Gasteiger partial charge in [-0.25, -0.2) is 9.97 Å². The molecule has 1 atom stereocenters. The number of morpholine rings is 1. The summed E-state index contributed by atoms with van der Waals surface area (Å²) in [5.74, 6) is 1.33. The fraction of sp³-hybridized carbons (Fsp3) is 0.733. The van der Waals surface area contributed by atoms with Crippen molar-refractivity contribution < 1.29 is 4.74 Å². The average Bonchev–Trinajstić information content (AvgIpc) is 2.38. The lowest BCUT2D eigenvalue weighted by atomic mass is 10.0. The van der Waals surface area contributed by atoms with E-state index in [9.17, 15) is 0 Å². The quantitative estimate of drug-likeness (QED) is 0.891. The summed E-state index contributed by atoms with van der Waals surface area (Å²) in [6.07, 6.45) is 0. The van der Waals surface area contributed by atoms with Crippen molar-refractivity contribution in [2.24, 2.45) is 5.92 Å². The van der Waals surface area contributed by atoms with Gasteiger partial charge in [0.05, 0.1) is 13.2 Å². The van der Waals surface area contributed by atoms with E-state index < -0.39 is 0 Å². The molecule has 20 heavy (non-hydrogen) atoms. The number of nitrogens with one attached hydrogen (secondary N) is 1. The van der Waals surface area contributed by atoms with Crippen LogP contribution >= 0.6 is 0 Å². The van der Waals surface area contributed by atoms with E-state index in [0.717, 1.165) is 50.2 Å².